The van der Waals surface area contributed by atoms with Gasteiger partial charge in [0.2, 0.25) is 17.7 Å². The summed E-state index contributed by atoms with van der Waals surface area (Å²) < 4.78 is 68.1. The van der Waals surface area contributed by atoms with Gasteiger partial charge in [-0.2, -0.15) is 22.5 Å². The molecule has 0 radical (unpaired) electrons. The van der Waals surface area contributed by atoms with Gasteiger partial charge in [-0.05, 0) is 13.3 Å². The highest BCUT2D eigenvalue weighted by Gasteiger charge is 2.52. The smallest absolute Gasteiger partial charge is 0.380 e. The number of likely N-dealkylation sites (tertiary alicyclic amines) is 1. The summed E-state index contributed by atoms with van der Waals surface area (Å²) in [6, 6.07) is -2.32. The molecule has 9 nitrogen and oxygen atoms in total. The van der Waals surface area contributed by atoms with Crippen molar-refractivity contribution < 1.29 is 31.8 Å². The first kappa shape index (κ1) is 22.4. The van der Waals surface area contributed by atoms with Crippen LogP contribution in [0.4, 0.5) is 29.3 Å². The van der Waals surface area contributed by atoms with Gasteiger partial charge in [-0.3, -0.25) is 14.2 Å². The number of aromatic nitrogens is 2. The average molecular weight is 475 g/mol. The zero-order valence-electron chi connectivity index (χ0n) is 18.1. The second kappa shape index (κ2) is 7.83. The van der Waals surface area contributed by atoms with E-state index in [1.807, 2.05) is 0 Å². The van der Waals surface area contributed by atoms with Crippen molar-refractivity contribution in [2.45, 2.75) is 38.1 Å². The maximum Gasteiger partial charge on any atom is 0.408 e. The molecule has 4 aliphatic heterocycles. The number of morpholine rings is 1. The van der Waals surface area contributed by atoms with Crippen molar-refractivity contribution in [3.8, 4) is 0 Å². The van der Waals surface area contributed by atoms with E-state index in [0.29, 0.717) is 26.3 Å². The number of alkyl halides is 3. The molecule has 33 heavy (non-hydrogen) atoms. The molecule has 5 rings (SSSR count). The standard InChI is InChI=1S/C20H25F4N5O4/c1-12-7-32-5-4-27(12)16-15(21)17(31)28-3-2-13(20(22,23)24)29(18(28)25-16)6-14(30)26-8-19(9-26)10-33-11-19/h12-13H,2-11H2,1H3/t12-,13+/m1/s1. The fourth-order valence-electron chi connectivity index (χ4n) is 4.99. The minimum Gasteiger partial charge on any atom is -0.380 e. The van der Waals surface area contributed by atoms with Crippen LogP contribution in [0.15, 0.2) is 4.79 Å². The van der Waals surface area contributed by atoms with Crippen LogP contribution < -0.4 is 15.4 Å². The van der Waals surface area contributed by atoms with Crippen molar-refractivity contribution in [1.29, 1.82) is 0 Å². The first-order chi connectivity index (χ1) is 15.6. The van der Waals surface area contributed by atoms with Gasteiger partial charge in [0.1, 0.15) is 12.6 Å². The number of halogens is 4. The second-order valence-corrected chi connectivity index (χ2v) is 9.34. The zero-order valence-corrected chi connectivity index (χ0v) is 18.1. The number of hydrogen-bond donors (Lipinski definition) is 0. The van der Waals surface area contributed by atoms with E-state index in [9.17, 15) is 27.2 Å². The van der Waals surface area contributed by atoms with Crippen molar-refractivity contribution in [2.24, 2.45) is 5.41 Å². The van der Waals surface area contributed by atoms with E-state index in [0.717, 1.165) is 9.47 Å². The summed E-state index contributed by atoms with van der Waals surface area (Å²) in [6.45, 7) is 3.53. The predicted octanol–water partition coefficient (Wildman–Crippen LogP) is 0.607. The van der Waals surface area contributed by atoms with Gasteiger partial charge in [0.15, 0.2) is 5.82 Å². The largest absolute Gasteiger partial charge is 0.408 e. The van der Waals surface area contributed by atoms with Crippen molar-refractivity contribution in [2.75, 3.05) is 62.4 Å². The number of ether oxygens (including phenoxy) is 2. The number of hydrogen-bond acceptors (Lipinski definition) is 7. The Morgan fingerprint density at radius 3 is 2.55 bits per heavy atom. The van der Waals surface area contributed by atoms with Gasteiger partial charge in [0.25, 0.3) is 5.56 Å². The quantitative estimate of drug-likeness (QED) is 0.593. The first-order valence-corrected chi connectivity index (χ1v) is 10.9. The molecule has 4 aliphatic rings. The highest BCUT2D eigenvalue weighted by atomic mass is 19.4. The molecular formula is C20H25F4N5O4. The van der Waals surface area contributed by atoms with Crippen LogP contribution in [0, 0.1) is 11.2 Å². The third-order valence-electron chi connectivity index (χ3n) is 6.88. The molecule has 0 unspecified atom stereocenters. The topological polar surface area (TPSA) is 80.1 Å². The summed E-state index contributed by atoms with van der Waals surface area (Å²) in [4.78, 5) is 33.6. The van der Waals surface area contributed by atoms with E-state index in [4.69, 9.17) is 9.47 Å². The van der Waals surface area contributed by atoms with E-state index < -0.39 is 42.5 Å². The molecule has 1 spiro atoms. The number of carbonyl (C=O) groups is 1. The lowest BCUT2D eigenvalue weighted by molar-refractivity contribution is -0.194. The molecule has 2 atom stereocenters. The van der Waals surface area contributed by atoms with Gasteiger partial charge in [0.05, 0.1) is 37.9 Å². The van der Waals surface area contributed by atoms with Crippen molar-refractivity contribution in [1.82, 2.24) is 14.5 Å². The number of amides is 1. The normalized spacial score (nSPS) is 26.6. The van der Waals surface area contributed by atoms with Crippen LogP contribution in [0.1, 0.15) is 13.3 Å². The van der Waals surface area contributed by atoms with E-state index in [2.05, 4.69) is 4.98 Å². The summed E-state index contributed by atoms with van der Waals surface area (Å²) in [5.41, 5.74) is -1.13. The molecule has 182 valence electrons. The van der Waals surface area contributed by atoms with Crippen molar-refractivity contribution >= 4 is 17.7 Å². The predicted molar refractivity (Wildman–Crippen MR) is 108 cm³/mol. The van der Waals surface area contributed by atoms with Crippen molar-refractivity contribution in [3.63, 3.8) is 0 Å². The Morgan fingerprint density at radius 2 is 1.94 bits per heavy atom. The number of anilines is 2. The molecule has 13 heteroatoms. The third-order valence-corrected chi connectivity index (χ3v) is 6.88. The molecule has 1 amide bonds. The van der Waals surface area contributed by atoms with Gasteiger partial charge in [-0.15, -0.1) is 0 Å². The fraction of sp³-hybridized carbons (Fsp3) is 0.750. The lowest BCUT2D eigenvalue weighted by atomic mass is 9.78. The third kappa shape index (κ3) is 3.74. The van der Waals surface area contributed by atoms with Gasteiger partial charge >= 0.3 is 6.18 Å². The Balaban J connectivity index is 1.49. The maximum atomic E-state index is 15.0. The van der Waals surface area contributed by atoms with Crippen LogP contribution >= 0.6 is 0 Å². The van der Waals surface area contributed by atoms with Crippen LogP contribution in [0.25, 0.3) is 0 Å². The number of rotatable bonds is 3. The Morgan fingerprint density at radius 1 is 1.21 bits per heavy atom. The molecular weight excluding hydrogens is 450 g/mol. The summed E-state index contributed by atoms with van der Waals surface area (Å²) in [5, 5.41) is 0. The zero-order chi connectivity index (χ0) is 23.5. The molecule has 0 bridgehead atoms. The number of carbonyl (C=O) groups excluding carboxylic acids is 1. The molecule has 0 saturated carbocycles. The van der Waals surface area contributed by atoms with Crippen LogP contribution in [-0.2, 0) is 20.8 Å². The molecule has 3 fully saturated rings. The fourth-order valence-corrected chi connectivity index (χ4v) is 4.99. The first-order valence-electron chi connectivity index (χ1n) is 10.9. The Hall–Kier alpha value is -2.41. The van der Waals surface area contributed by atoms with E-state index in [1.165, 1.54) is 9.80 Å². The number of fused-ring (bicyclic) bond motifs is 1. The number of nitrogens with zero attached hydrogens (tertiary/aromatic N) is 5. The Kier molecular flexibility index (Phi) is 5.31. The lowest BCUT2D eigenvalue weighted by Crippen LogP contribution is -2.68. The van der Waals surface area contributed by atoms with Crippen LogP contribution in [0.3, 0.4) is 0 Å². The van der Waals surface area contributed by atoms with Gasteiger partial charge in [-0.1, -0.05) is 0 Å². The SMILES string of the molecule is C[C@@H]1COCCN1c1nc2n(c(=O)c1F)CC[C@@H](C(F)(F)F)N2CC(=O)N1CC2(COC2)C1. The summed E-state index contributed by atoms with van der Waals surface area (Å²) in [6.07, 6.45) is -5.13. The second-order valence-electron chi connectivity index (χ2n) is 9.34. The van der Waals surface area contributed by atoms with Gasteiger partial charge in [-0.25, -0.2) is 0 Å². The molecule has 3 saturated heterocycles. The highest BCUT2D eigenvalue weighted by molar-refractivity contribution is 5.82. The molecule has 1 aromatic rings. The van der Waals surface area contributed by atoms with Crippen LogP contribution in [0.2, 0.25) is 0 Å². The average Bonchev–Trinajstić information content (AvgIpc) is 2.68. The highest BCUT2D eigenvalue weighted by Crippen LogP contribution is 2.39. The molecule has 5 heterocycles. The van der Waals surface area contributed by atoms with Gasteiger partial charge in [0, 0.05) is 26.2 Å². The minimum atomic E-state index is -4.65. The summed E-state index contributed by atoms with van der Waals surface area (Å²) >= 11 is 0. The van der Waals surface area contributed by atoms with Gasteiger partial charge < -0.3 is 24.2 Å². The molecule has 1 aromatic heterocycles. The van der Waals surface area contributed by atoms with Crippen LogP contribution in [-0.4, -0.2) is 91.2 Å². The summed E-state index contributed by atoms with van der Waals surface area (Å²) in [7, 11) is 0. The molecule has 0 N–H and O–H groups in total. The lowest BCUT2D eigenvalue weighted by Gasteiger charge is -2.55. The Bertz CT molecular complexity index is 1000. The monoisotopic (exact) mass is 475 g/mol. The maximum absolute atomic E-state index is 15.0. The van der Waals surface area contributed by atoms with E-state index in [1.54, 1.807) is 6.92 Å². The summed E-state index contributed by atoms with van der Waals surface area (Å²) in [5.74, 6) is -2.25. The molecule has 0 aromatic carbocycles. The van der Waals surface area contributed by atoms with Crippen molar-refractivity contribution in [3.05, 3.63) is 16.2 Å². The van der Waals surface area contributed by atoms with E-state index in [-0.39, 0.29) is 49.5 Å². The minimum absolute atomic E-state index is 0.0865. The van der Waals surface area contributed by atoms with Crippen LogP contribution in [0.5, 0.6) is 0 Å². The Labute approximate surface area is 186 Å². The van der Waals surface area contributed by atoms with E-state index >= 15 is 0 Å². The molecule has 0 aliphatic carbocycles.